The van der Waals surface area contributed by atoms with Crippen molar-refractivity contribution >= 4 is 75.9 Å². The molecule has 0 unspecified atom stereocenters. The van der Waals surface area contributed by atoms with Gasteiger partial charge in [-0.3, -0.25) is 0 Å². The molecule has 4 aromatic heterocycles. The van der Waals surface area contributed by atoms with E-state index in [-0.39, 0.29) is 0 Å². The van der Waals surface area contributed by atoms with Crippen molar-refractivity contribution in [2.75, 3.05) is 0 Å². The highest BCUT2D eigenvalue weighted by Crippen LogP contribution is 2.47. The van der Waals surface area contributed by atoms with E-state index in [0.717, 1.165) is 0 Å². The molecule has 0 aromatic carbocycles. The molecule has 0 spiro atoms. The lowest BCUT2D eigenvalue weighted by atomic mass is 10.1. The first-order valence-corrected chi connectivity index (χ1v) is 17.2. The molecule has 0 radical (unpaired) electrons. The number of rotatable bonds is 16. The van der Waals surface area contributed by atoms with Gasteiger partial charge in [-0.2, -0.15) is 0 Å². The Hall–Kier alpha value is -0.330. The van der Waals surface area contributed by atoms with E-state index in [0.29, 0.717) is 0 Å². The van der Waals surface area contributed by atoms with Crippen molar-refractivity contribution in [1.29, 1.82) is 0 Å². The normalized spacial score (nSPS) is 11.9. The summed E-state index contributed by atoms with van der Waals surface area (Å²) in [5, 5.41) is 4.77. The predicted molar refractivity (Wildman–Crippen MR) is 158 cm³/mol. The Morgan fingerprint density at radius 1 is 0.576 bits per heavy atom. The second-order valence-corrected chi connectivity index (χ2v) is 14.3. The van der Waals surface area contributed by atoms with Gasteiger partial charge in [-0.05, 0) is 37.8 Å². The fraction of sp³-hybridized carbons (Fsp3) is 0.571. The van der Waals surface area contributed by atoms with Gasteiger partial charge in [0.25, 0.3) is 0 Å². The quantitative estimate of drug-likeness (QED) is 0.129. The number of hydrogen-bond donors (Lipinski definition) is 0. The van der Waals surface area contributed by atoms with Gasteiger partial charge in [-0.15, -0.1) is 45.3 Å². The van der Waals surface area contributed by atoms with Crippen LogP contribution in [0.1, 0.15) is 101 Å². The second-order valence-electron chi connectivity index (χ2n) is 9.15. The van der Waals surface area contributed by atoms with E-state index in [1.54, 1.807) is 9.75 Å². The van der Waals surface area contributed by atoms with Crippen LogP contribution in [0.5, 0.6) is 0 Å². The van der Waals surface area contributed by atoms with Gasteiger partial charge in [0, 0.05) is 39.7 Å². The number of fused-ring (bicyclic) bond motifs is 2. The molecular formula is C28H38S5. The molecule has 4 heterocycles. The Balaban J connectivity index is 1.32. The Morgan fingerprint density at radius 3 is 1.45 bits per heavy atom. The zero-order valence-electron chi connectivity index (χ0n) is 20.3. The molecule has 0 amide bonds. The molecule has 0 saturated carbocycles. The zero-order chi connectivity index (χ0) is 22.9. The van der Waals surface area contributed by atoms with Crippen LogP contribution in [0.2, 0.25) is 0 Å². The van der Waals surface area contributed by atoms with Crippen LogP contribution < -0.4 is 0 Å². The van der Waals surface area contributed by atoms with Gasteiger partial charge in [0.1, 0.15) is 0 Å². The third-order valence-electron chi connectivity index (χ3n) is 6.30. The Kier molecular flexibility index (Phi) is 10.7. The summed E-state index contributed by atoms with van der Waals surface area (Å²) in [7, 11) is 0. The van der Waals surface area contributed by atoms with E-state index in [9.17, 15) is 0 Å². The summed E-state index contributed by atoms with van der Waals surface area (Å²) in [6.45, 7) is 4.59. The van der Waals surface area contributed by atoms with Crippen LogP contribution in [0.25, 0.3) is 18.8 Å². The molecular weight excluding hydrogens is 497 g/mol. The number of thiophene rings is 4. The minimum atomic E-state index is 1.26. The number of aryl methyl sites for hydroxylation is 2. The largest absolute Gasteiger partial charge is 0.142 e. The molecule has 0 aliphatic heterocycles. The summed E-state index contributed by atoms with van der Waals surface area (Å²) >= 11 is 9.96. The van der Waals surface area contributed by atoms with E-state index in [1.807, 2.05) is 57.1 Å². The van der Waals surface area contributed by atoms with Gasteiger partial charge in [0.15, 0.2) is 0 Å². The van der Waals surface area contributed by atoms with Crippen LogP contribution in [0.4, 0.5) is 0 Å². The van der Waals surface area contributed by atoms with Crippen molar-refractivity contribution in [3.05, 3.63) is 32.6 Å². The molecule has 0 nitrogen and oxygen atoms in total. The van der Waals surface area contributed by atoms with Crippen molar-refractivity contribution in [2.45, 2.75) is 114 Å². The van der Waals surface area contributed by atoms with Gasteiger partial charge < -0.3 is 0 Å². The highest BCUT2D eigenvalue weighted by molar-refractivity contribution is 8.00. The maximum atomic E-state index is 2.47. The third kappa shape index (κ3) is 7.33. The molecule has 0 aliphatic carbocycles. The van der Waals surface area contributed by atoms with Crippen LogP contribution in [0.15, 0.2) is 32.7 Å². The Bertz CT molecular complexity index is 1010. The van der Waals surface area contributed by atoms with Crippen LogP contribution in [-0.2, 0) is 12.8 Å². The lowest BCUT2D eigenvalue weighted by Crippen LogP contribution is -1.82. The Morgan fingerprint density at radius 2 is 1.00 bits per heavy atom. The van der Waals surface area contributed by atoms with Crippen molar-refractivity contribution in [3.63, 3.8) is 0 Å². The van der Waals surface area contributed by atoms with Gasteiger partial charge in [-0.1, -0.05) is 89.8 Å². The van der Waals surface area contributed by atoms with E-state index in [2.05, 4.69) is 36.7 Å². The third-order valence-corrected chi connectivity index (χ3v) is 12.5. The minimum Gasteiger partial charge on any atom is -0.142 e. The average molecular weight is 535 g/mol. The van der Waals surface area contributed by atoms with Crippen LogP contribution >= 0.6 is 57.1 Å². The van der Waals surface area contributed by atoms with Crippen molar-refractivity contribution in [1.82, 2.24) is 0 Å². The molecule has 0 N–H and O–H groups in total. The van der Waals surface area contributed by atoms with Crippen molar-refractivity contribution < 1.29 is 0 Å². The molecule has 33 heavy (non-hydrogen) atoms. The average Bonchev–Trinajstić information content (AvgIpc) is 3.57. The van der Waals surface area contributed by atoms with Gasteiger partial charge in [0.05, 0.1) is 9.40 Å². The van der Waals surface area contributed by atoms with Crippen molar-refractivity contribution in [2.24, 2.45) is 0 Å². The van der Waals surface area contributed by atoms with Crippen LogP contribution in [0, 0.1) is 0 Å². The van der Waals surface area contributed by atoms with Crippen LogP contribution in [-0.4, -0.2) is 0 Å². The summed E-state index contributed by atoms with van der Waals surface area (Å²) in [5.41, 5.74) is 0. The second kappa shape index (κ2) is 13.7. The van der Waals surface area contributed by atoms with E-state index < -0.39 is 0 Å². The van der Waals surface area contributed by atoms with Crippen LogP contribution in [0.3, 0.4) is 0 Å². The van der Waals surface area contributed by atoms with Gasteiger partial charge >= 0.3 is 0 Å². The summed E-state index contributed by atoms with van der Waals surface area (Å²) in [4.78, 5) is 6.11. The zero-order valence-corrected chi connectivity index (χ0v) is 24.3. The predicted octanol–water partition coefficient (Wildman–Crippen LogP) is 12.2. The molecule has 0 bridgehead atoms. The first kappa shape index (κ1) is 25.8. The van der Waals surface area contributed by atoms with Crippen molar-refractivity contribution in [3.8, 4) is 0 Å². The Labute approximate surface area is 220 Å². The monoisotopic (exact) mass is 534 g/mol. The highest BCUT2D eigenvalue weighted by atomic mass is 32.2. The molecule has 0 atom stereocenters. The summed E-state index contributed by atoms with van der Waals surface area (Å²) in [6, 6.07) is 4.93. The topological polar surface area (TPSA) is 0 Å². The fourth-order valence-electron chi connectivity index (χ4n) is 4.37. The molecule has 0 fully saturated rings. The van der Waals surface area contributed by atoms with Gasteiger partial charge in [-0.25, -0.2) is 0 Å². The molecule has 180 valence electrons. The minimum absolute atomic E-state index is 1.26. The van der Waals surface area contributed by atoms with Gasteiger partial charge in [0.2, 0.25) is 0 Å². The van der Waals surface area contributed by atoms with E-state index in [4.69, 9.17) is 0 Å². The summed E-state index contributed by atoms with van der Waals surface area (Å²) in [6.07, 6.45) is 19.1. The fourth-order valence-corrected chi connectivity index (χ4v) is 10.7. The first-order chi connectivity index (χ1) is 16.3. The molecule has 4 rings (SSSR count). The molecule has 0 aliphatic rings. The first-order valence-electron chi connectivity index (χ1n) is 13.0. The maximum absolute atomic E-state index is 2.47. The number of hydrogen-bond acceptors (Lipinski definition) is 5. The molecule has 0 saturated heterocycles. The van der Waals surface area contributed by atoms with E-state index >= 15 is 0 Å². The maximum Gasteiger partial charge on any atom is 0.0593 e. The molecule has 5 heteroatoms. The highest BCUT2D eigenvalue weighted by Gasteiger charge is 2.15. The lowest BCUT2D eigenvalue weighted by molar-refractivity contribution is 0.609. The smallest absolute Gasteiger partial charge is 0.0593 e. The molecule has 4 aromatic rings. The lowest BCUT2D eigenvalue weighted by Gasteiger charge is -2.00. The standard InChI is InChI=1S/C28H38S5/c1-3-5-7-9-11-13-15-21-17-23-27(31-21)25(19-29-23)33-26-20-30-24-18-22(32-28(24)26)16-14-12-10-8-6-4-2/h17-20H,3-16H2,1-2H3. The number of unbranched alkanes of at least 4 members (excludes halogenated alkanes) is 10. The van der Waals surface area contributed by atoms with E-state index in [1.165, 1.54) is 118 Å². The summed E-state index contributed by atoms with van der Waals surface area (Å²) in [5.74, 6) is 0. The summed E-state index contributed by atoms with van der Waals surface area (Å²) < 4.78 is 6.03. The SMILES string of the molecule is CCCCCCCCc1cc2scc(Sc3csc4cc(CCCCCCCC)sc34)c2s1.